The van der Waals surface area contributed by atoms with Crippen molar-refractivity contribution in [2.75, 3.05) is 12.8 Å². The van der Waals surface area contributed by atoms with Crippen LogP contribution in [0, 0.1) is 18.7 Å². The Kier molecular flexibility index (Phi) is 3.57. The molecule has 0 heterocycles. The highest BCUT2D eigenvalue weighted by molar-refractivity contribution is 7.89. The van der Waals surface area contributed by atoms with Crippen molar-refractivity contribution in [3.05, 3.63) is 23.5 Å². The van der Waals surface area contributed by atoms with E-state index in [9.17, 15) is 12.8 Å². The highest BCUT2D eigenvalue weighted by atomic mass is 32.2. The van der Waals surface area contributed by atoms with E-state index in [1.165, 1.54) is 24.3 Å². The van der Waals surface area contributed by atoms with Crippen LogP contribution in [0.3, 0.4) is 0 Å². The van der Waals surface area contributed by atoms with Gasteiger partial charge in [-0.3, -0.25) is 0 Å². The third-order valence-corrected chi connectivity index (χ3v) is 5.83. The van der Waals surface area contributed by atoms with E-state index in [4.69, 9.17) is 5.73 Å². The molecular weight excluding hydrogens is 267 g/mol. The molecule has 6 heteroatoms. The lowest BCUT2D eigenvalue weighted by Gasteiger charge is -2.24. The van der Waals surface area contributed by atoms with Gasteiger partial charge in [-0.2, -0.15) is 4.31 Å². The molecule has 4 nitrogen and oxygen atoms in total. The van der Waals surface area contributed by atoms with Crippen LogP contribution in [0.1, 0.15) is 25.3 Å². The second kappa shape index (κ2) is 4.76. The van der Waals surface area contributed by atoms with Gasteiger partial charge in [-0.05, 0) is 44.7 Å². The van der Waals surface area contributed by atoms with E-state index in [0.717, 1.165) is 18.9 Å². The SMILES string of the molecule is Cc1c(N)cc(S(=O)(=O)N(C)C(C)C2CC2)cc1F. The van der Waals surface area contributed by atoms with Gasteiger partial charge < -0.3 is 5.73 Å². The summed E-state index contributed by atoms with van der Waals surface area (Å²) in [6.45, 7) is 3.40. The van der Waals surface area contributed by atoms with Crippen molar-refractivity contribution < 1.29 is 12.8 Å². The highest BCUT2D eigenvalue weighted by Gasteiger charge is 2.36. The van der Waals surface area contributed by atoms with Crippen LogP contribution >= 0.6 is 0 Å². The summed E-state index contributed by atoms with van der Waals surface area (Å²) < 4.78 is 39.8. The third-order valence-electron chi connectivity index (χ3n) is 3.91. The minimum Gasteiger partial charge on any atom is -0.398 e. The van der Waals surface area contributed by atoms with E-state index in [1.54, 1.807) is 0 Å². The van der Waals surface area contributed by atoms with Crippen LogP contribution in [-0.2, 0) is 10.0 Å². The molecular formula is C13H19FN2O2S. The van der Waals surface area contributed by atoms with Gasteiger partial charge in [0.2, 0.25) is 10.0 Å². The van der Waals surface area contributed by atoms with Gasteiger partial charge in [-0.15, -0.1) is 0 Å². The summed E-state index contributed by atoms with van der Waals surface area (Å²) in [4.78, 5) is -0.0805. The average Bonchev–Trinajstić information content (AvgIpc) is 3.17. The first kappa shape index (κ1) is 14.3. The monoisotopic (exact) mass is 286 g/mol. The third kappa shape index (κ3) is 2.60. The zero-order valence-electron chi connectivity index (χ0n) is 11.4. The molecule has 1 aliphatic carbocycles. The quantitative estimate of drug-likeness (QED) is 0.862. The van der Waals surface area contributed by atoms with Crippen LogP contribution in [0.25, 0.3) is 0 Å². The zero-order valence-corrected chi connectivity index (χ0v) is 12.2. The van der Waals surface area contributed by atoms with Crippen molar-refractivity contribution in [1.82, 2.24) is 4.31 Å². The molecule has 2 N–H and O–H groups in total. The zero-order chi connectivity index (χ0) is 14.4. The van der Waals surface area contributed by atoms with Crippen LogP contribution in [0.4, 0.5) is 10.1 Å². The molecule has 2 rings (SSSR count). The normalized spacial score (nSPS) is 17.7. The topological polar surface area (TPSA) is 63.4 Å². The molecule has 0 aliphatic heterocycles. The minimum atomic E-state index is -3.69. The van der Waals surface area contributed by atoms with Crippen LogP contribution < -0.4 is 5.73 Å². The lowest BCUT2D eigenvalue weighted by atomic mass is 10.2. The lowest BCUT2D eigenvalue weighted by Crippen LogP contribution is -2.36. The molecule has 1 fully saturated rings. The fraction of sp³-hybridized carbons (Fsp3) is 0.538. The number of anilines is 1. The van der Waals surface area contributed by atoms with E-state index >= 15 is 0 Å². The maximum absolute atomic E-state index is 13.6. The van der Waals surface area contributed by atoms with Gasteiger partial charge in [-0.25, -0.2) is 12.8 Å². The number of sulfonamides is 1. The lowest BCUT2D eigenvalue weighted by molar-refractivity contribution is 0.357. The number of hydrogen-bond acceptors (Lipinski definition) is 3. The van der Waals surface area contributed by atoms with Gasteiger partial charge in [0.05, 0.1) is 4.90 Å². The van der Waals surface area contributed by atoms with Crippen LogP contribution in [0.5, 0.6) is 0 Å². The number of nitrogens with zero attached hydrogens (tertiary/aromatic N) is 1. The Morgan fingerprint density at radius 3 is 2.47 bits per heavy atom. The van der Waals surface area contributed by atoms with Crippen LogP contribution in [0.2, 0.25) is 0 Å². The molecule has 0 amide bonds. The van der Waals surface area contributed by atoms with Crippen molar-refractivity contribution in [3.8, 4) is 0 Å². The van der Waals surface area contributed by atoms with Gasteiger partial charge in [0.15, 0.2) is 0 Å². The average molecular weight is 286 g/mol. The number of hydrogen-bond donors (Lipinski definition) is 1. The Hall–Kier alpha value is -1.14. The van der Waals surface area contributed by atoms with Crippen molar-refractivity contribution in [1.29, 1.82) is 0 Å². The molecule has 106 valence electrons. The van der Waals surface area contributed by atoms with Gasteiger partial charge in [0, 0.05) is 24.3 Å². The second-order valence-electron chi connectivity index (χ2n) is 5.22. The summed E-state index contributed by atoms with van der Waals surface area (Å²) >= 11 is 0. The molecule has 1 aromatic carbocycles. The fourth-order valence-electron chi connectivity index (χ4n) is 2.08. The molecule has 1 aliphatic rings. The van der Waals surface area contributed by atoms with E-state index in [2.05, 4.69) is 0 Å². The number of benzene rings is 1. The van der Waals surface area contributed by atoms with Crippen molar-refractivity contribution in [2.45, 2.75) is 37.6 Å². The van der Waals surface area contributed by atoms with E-state index < -0.39 is 15.8 Å². The smallest absolute Gasteiger partial charge is 0.243 e. The Morgan fingerprint density at radius 1 is 1.42 bits per heavy atom. The Balaban J connectivity index is 2.38. The summed E-state index contributed by atoms with van der Waals surface area (Å²) in [6, 6.07) is 2.29. The summed E-state index contributed by atoms with van der Waals surface area (Å²) in [6.07, 6.45) is 2.09. The number of nitrogens with two attached hydrogens (primary N) is 1. The van der Waals surface area contributed by atoms with E-state index in [-0.39, 0.29) is 22.2 Å². The summed E-state index contributed by atoms with van der Waals surface area (Å²) in [5.41, 5.74) is 6.08. The van der Waals surface area contributed by atoms with Gasteiger partial charge in [0.1, 0.15) is 5.82 Å². The van der Waals surface area contributed by atoms with E-state index in [1.807, 2.05) is 6.92 Å². The largest absolute Gasteiger partial charge is 0.398 e. The Bertz CT molecular complexity index is 574. The Morgan fingerprint density at radius 2 is 2.00 bits per heavy atom. The fourth-order valence-corrected chi connectivity index (χ4v) is 3.55. The molecule has 1 unspecified atom stereocenters. The van der Waals surface area contributed by atoms with Crippen LogP contribution in [0.15, 0.2) is 17.0 Å². The van der Waals surface area contributed by atoms with Crippen molar-refractivity contribution in [2.24, 2.45) is 5.92 Å². The highest BCUT2D eigenvalue weighted by Crippen LogP contribution is 2.36. The minimum absolute atomic E-state index is 0.0735. The van der Waals surface area contributed by atoms with Gasteiger partial charge in [-0.1, -0.05) is 0 Å². The summed E-state index contributed by atoms with van der Waals surface area (Å²) in [5.74, 6) is -0.182. The Labute approximate surface area is 113 Å². The summed E-state index contributed by atoms with van der Waals surface area (Å²) in [7, 11) is -2.16. The predicted molar refractivity (Wildman–Crippen MR) is 72.7 cm³/mol. The van der Waals surface area contributed by atoms with Gasteiger partial charge >= 0.3 is 0 Å². The number of nitrogen functional groups attached to an aromatic ring is 1. The molecule has 0 bridgehead atoms. The molecule has 1 aromatic rings. The first-order valence-electron chi connectivity index (χ1n) is 6.28. The molecule has 0 radical (unpaired) electrons. The van der Waals surface area contributed by atoms with Gasteiger partial charge in [0.25, 0.3) is 0 Å². The van der Waals surface area contributed by atoms with E-state index in [0.29, 0.717) is 5.92 Å². The molecule has 0 spiro atoms. The summed E-state index contributed by atoms with van der Waals surface area (Å²) in [5, 5.41) is 0. The molecule has 19 heavy (non-hydrogen) atoms. The maximum atomic E-state index is 13.6. The number of rotatable bonds is 4. The maximum Gasteiger partial charge on any atom is 0.243 e. The number of halogens is 1. The first-order chi connectivity index (χ1) is 8.75. The van der Waals surface area contributed by atoms with Crippen LogP contribution in [-0.4, -0.2) is 25.8 Å². The van der Waals surface area contributed by atoms with Crippen molar-refractivity contribution in [3.63, 3.8) is 0 Å². The standard InChI is InChI=1S/C13H19FN2O2S/c1-8-12(14)6-11(7-13(8)15)19(17,18)16(3)9(2)10-4-5-10/h6-7,9-10H,4-5,15H2,1-3H3. The molecule has 0 aromatic heterocycles. The second-order valence-corrected chi connectivity index (χ2v) is 7.22. The molecule has 0 saturated heterocycles. The molecule has 1 atom stereocenters. The first-order valence-corrected chi connectivity index (χ1v) is 7.73. The molecule has 1 saturated carbocycles. The predicted octanol–water partition coefficient (Wildman–Crippen LogP) is 2.14. The van der Waals surface area contributed by atoms with Crippen molar-refractivity contribution >= 4 is 15.7 Å².